The Labute approximate surface area is 248 Å². The van der Waals surface area contributed by atoms with Crippen LogP contribution in [0.5, 0.6) is 0 Å². The minimum absolute atomic E-state index is 0.640. The first kappa shape index (κ1) is 29.4. The molecule has 39 heavy (non-hydrogen) atoms. The Morgan fingerprint density at radius 3 is 1.72 bits per heavy atom. The van der Waals surface area contributed by atoms with Gasteiger partial charge in [0.15, 0.2) is 0 Å². The zero-order valence-corrected chi connectivity index (χ0v) is 27.0. The highest BCUT2D eigenvalue weighted by atomic mass is 32.2. The number of thioether (sulfide) groups is 2. The highest BCUT2D eigenvalue weighted by Crippen LogP contribution is 2.49. The Morgan fingerprint density at radius 1 is 0.590 bits per heavy atom. The van der Waals surface area contributed by atoms with E-state index < -0.39 is 0 Å². The van der Waals surface area contributed by atoms with E-state index in [9.17, 15) is 0 Å². The normalized spacial score (nSPS) is 22.1. The fraction of sp³-hybridized carbons (Fsp3) is 0.622. The van der Waals surface area contributed by atoms with Crippen LogP contribution in [0.2, 0.25) is 0 Å². The second kappa shape index (κ2) is 13.7. The predicted octanol–water partition coefficient (Wildman–Crippen LogP) is 11.8. The van der Waals surface area contributed by atoms with Crippen molar-refractivity contribution in [2.75, 3.05) is 0 Å². The number of hydrogen-bond donors (Lipinski definition) is 0. The maximum Gasteiger partial charge on any atom is 0.0382 e. The molecule has 0 amide bonds. The van der Waals surface area contributed by atoms with Gasteiger partial charge in [0.1, 0.15) is 0 Å². The van der Waals surface area contributed by atoms with Gasteiger partial charge in [0.05, 0.1) is 0 Å². The summed E-state index contributed by atoms with van der Waals surface area (Å²) in [6, 6.07) is 4.82. The molecule has 0 aromatic heterocycles. The molecule has 2 heterocycles. The molecule has 0 saturated heterocycles. The van der Waals surface area contributed by atoms with Crippen LogP contribution in [0, 0.1) is 17.8 Å². The molecule has 2 aliphatic heterocycles. The van der Waals surface area contributed by atoms with E-state index in [-0.39, 0.29) is 0 Å². The van der Waals surface area contributed by atoms with Crippen molar-refractivity contribution in [3.8, 4) is 0 Å². The molecular weight excluding hydrogens is 509 g/mol. The first-order valence-electron chi connectivity index (χ1n) is 16.2. The molecule has 0 saturated carbocycles. The third-order valence-corrected chi connectivity index (χ3v) is 11.9. The van der Waals surface area contributed by atoms with E-state index in [4.69, 9.17) is 0 Å². The Morgan fingerprint density at radius 2 is 1.13 bits per heavy atom. The smallest absolute Gasteiger partial charge is 0.0382 e. The van der Waals surface area contributed by atoms with Gasteiger partial charge in [-0.3, -0.25) is 0 Å². The molecule has 0 bridgehead atoms. The van der Waals surface area contributed by atoms with E-state index in [1.54, 1.807) is 32.1 Å². The molecule has 1 aromatic carbocycles. The van der Waals surface area contributed by atoms with Crippen molar-refractivity contribution in [3.63, 3.8) is 0 Å². The van der Waals surface area contributed by atoms with Gasteiger partial charge in [-0.25, -0.2) is 0 Å². The third kappa shape index (κ3) is 7.79. The molecule has 0 N–H and O–H groups in total. The molecule has 0 nitrogen and oxygen atoms in total. The minimum Gasteiger partial charge on any atom is -0.122 e. The van der Waals surface area contributed by atoms with Crippen molar-refractivity contribution in [1.82, 2.24) is 0 Å². The van der Waals surface area contributed by atoms with Gasteiger partial charge in [-0.15, -0.1) is 23.5 Å². The standard InChI is InChI=1S/C37H52S2/c1-25(2)11-8-6-7-9-14-32-21-30-19-28-16-17-29-20-31-22-33(18-15-27(5)13-10-12-26(3)4)39-37(31)24-35(29)34(28)23-36(30)38-32/h16-17,19-22,25-27,36-37H,6-15,18,23-24H2,1-5H3. The monoisotopic (exact) mass is 560 g/mol. The summed E-state index contributed by atoms with van der Waals surface area (Å²) in [6.45, 7) is 11.9. The number of rotatable bonds is 14. The van der Waals surface area contributed by atoms with Crippen molar-refractivity contribution in [1.29, 1.82) is 0 Å². The van der Waals surface area contributed by atoms with E-state index >= 15 is 0 Å². The minimum atomic E-state index is 0.640. The molecule has 4 aliphatic rings. The lowest BCUT2D eigenvalue weighted by atomic mass is 9.81. The summed E-state index contributed by atoms with van der Waals surface area (Å²) < 4.78 is 0. The number of allylic oxidation sites excluding steroid dienone is 4. The summed E-state index contributed by atoms with van der Waals surface area (Å²) >= 11 is 4.35. The summed E-state index contributed by atoms with van der Waals surface area (Å²) in [5.41, 5.74) is 9.45. The van der Waals surface area contributed by atoms with E-state index in [1.807, 2.05) is 0 Å². The van der Waals surface area contributed by atoms with E-state index in [0.717, 1.165) is 17.8 Å². The van der Waals surface area contributed by atoms with Crippen LogP contribution in [-0.4, -0.2) is 10.5 Å². The van der Waals surface area contributed by atoms with Crippen LogP contribution in [0.15, 0.2) is 45.2 Å². The van der Waals surface area contributed by atoms with Crippen LogP contribution < -0.4 is 0 Å². The fourth-order valence-corrected chi connectivity index (χ4v) is 9.48. The number of hydrogen-bond acceptors (Lipinski definition) is 2. The molecule has 0 fully saturated rings. The van der Waals surface area contributed by atoms with Crippen LogP contribution in [-0.2, 0) is 12.8 Å². The lowest BCUT2D eigenvalue weighted by Crippen LogP contribution is -2.19. The summed E-state index contributed by atoms with van der Waals surface area (Å²) in [6.07, 6.45) is 27.6. The maximum absolute atomic E-state index is 2.54. The predicted molar refractivity (Wildman–Crippen MR) is 178 cm³/mol. The Bertz CT molecular complexity index is 1130. The summed E-state index contributed by atoms with van der Waals surface area (Å²) in [4.78, 5) is 3.27. The first-order valence-corrected chi connectivity index (χ1v) is 17.9. The van der Waals surface area contributed by atoms with Crippen LogP contribution in [0.1, 0.15) is 128 Å². The van der Waals surface area contributed by atoms with Gasteiger partial charge in [0.2, 0.25) is 0 Å². The van der Waals surface area contributed by atoms with Crippen molar-refractivity contribution in [2.45, 2.75) is 129 Å². The Balaban J connectivity index is 1.15. The molecule has 3 unspecified atom stereocenters. The van der Waals surface area contributed by atoms with E-state index in [1.165, 1.54) is 94.6 Å². The average molecular weight is 561 g/mol. The second-order valence-electron chi connectivity index (χ2n) is 13.6. The zero-order chi connectivity index (χ0) is 27.4. The van der Waals surface area contributed by atoms with Crippen LogP contribution >= 0.6 is 23.5 Å². The van der Waals surface area contributed by atoms with Gasteiger partial charge < -0.3 is 0 Å². The van der Waals surface area contributed by atoms with Gasteiger partial charge in [0.25, 0.3) is 0 Å². The molecule has 5 rings (SSSR count). The van der Waals surface area contributed by atoms with Crippen molar-refractivity contribution >= 4 is 35.7 Å². The summed E-state index contributed by atoms with van der Waals surface area (Å²) in [7, 11) is 0. The molecule has 0 radical (unpaired) electrons. The summed E-state index contributed by atoms with van der Waals surface area (Å²) in [5.74, 6) is 2.54. The van der Waals surface area contributed by atoms with Gasteiger partial charge in [-0.2, -0.15) is 0 Å². The molecule has 2 aliphatic carbocycles. The number of fused-ring (bicyclic) bond motifs is 5. The molecule has 2 heteroatoms. The topological polar surface area (TPSA) is 0 Å². The first-order chi connectivity index (χ1) is 18.9. The highest BCUT2D eigenvalue weighted by molar-refractivity contribution is 8.04. The van der Waals surface area contributed by atoms with Gasteiger partial charge >= 0.3 is 0 Å². The molecule has 212 valence electrons. The average Bonchev–Trinajstić information content (AvgIpc) is 3.48. The van der Waals surface area contributed by atoms with Crippen molar-refractivity contribution in [3.05, 3.63) is 67.5 Å². The van der Waals surface area contributed by atoms with Crippen LogP contribution in [0.3, 0.4) is 0 Å². The summed E-state index contributed by atoms with van der Waals surface area (Å²) in [5, 5.41) is 1.29. The van der Waals surface area contributed by atoms with Gasteiger partial charge in [0, 0.05) is 10.5 Å². The number of unbranched alkanes of at least 4 members (excludes halogenated alkanes) is 3. The Kier molecular flexibility index (Phi) is 10.3. The van der Waals surface area contributed by atoms with Crippen molar-refractivity contribution in [2.24, 2.45) is 17.8 Å². The lowest BCUT2D eigenvalue weighted by Gasteiger charge is -2.28. The second-order valence-corrected chi connectivity index (χ2v) is 16.3. The maximum atomic E-state index is 2.54. The van der Waals surface area contributed by atoms with Crippen LogP contribution in [0.25, 0.3) is 12.2 Å². The van der Waals surface area contributed by atoms with Crippen LogP contribution in [0.4, 0.5) is 0 Å². The fourth-order valence-electron chi connectivity index (χ4n) is 6.80. The molecule has 3 atom stereocenters. The third-order valence-electron chi connectivity index (χ3n) is 9.23. The molecular formula is C37H52S2. The molecule has 0 spiro atoms. The lowest BCUT2D eigenvalue weighted by molar-refractivity contribution is 0.438. The number of benzene rings is 1. The van der Waals surface area contributed by atoms with E-state index in [0.29, 0.717) is 10.5 Å². The largest absolute Gasteiger partial charge is 0.122 e. The SMILES string of the molecule is CC(C)CCCCCCC1=CC2=Cc3ccc4c(c3CC2S1)CC1SC(CCC(C)CCCC(C)C)=CC1=C4. The van der Waals surface area contributed by atoms with Crippen molar-refractivity contribution < 1.29 is 0 Å². The van der Waals surface area contributed by atoms with E-state index in [2.05, 4.69) is 94.6 Å². The Hall–Kier alpha value is -1.12. The highest BCUT2D eigenvalue weighted by Gasteiger charge is 2.33. The molecule has 1 aromatic rings. The van der Waals surface area contributed by atoms with Gasteiger partial charge in [-0.05, 0) is 112 Å². The zero-order valence-electron chi connectivity index (χ0n) is 25.4. The van der Waals surface area contributed by atoms with Gasteiger partial charge in [-0.1, -0.05) is 104 Å². The quantitative estimate of drug-likeness (QED) is 0.208.